The first kappa shape index (κ1) is 15.4. The number of nitrogens with one attached hydrogen (secondary N) is 1. The Bertz CT molecular complexity index is 829. The van der Waals surface area contributed by atoms with E-state index in [1.165, 1.54) is 4.88 Å². The first-order valence-corrected chi connectivity index (χ1v) is 8.94. The molecule has 0 saturated carbocycles. The van der Waals surface area contributed by atoms with Crippen LogP contribution in [0.25, 0.3) is 10.9 Å². The molecule has 1 saturated heterocycles. The number of benzene rings is 1. The Balaban J connectivity index is 1.64. The van der Waals surface area contributed by atoms with Crippen molar-refractivity contribution in [1.82, 2.24) is 9.97 Å². The molecule has 0 amide bonds. The number of hydrogen-bond acceptors (Lipinski definition) is 6. The molecule has 0 atom stereocenters. The van der Waals surface area contributed by atoms with E-state index in [9.17, 15) is 5.11 Å². The highest BCUT2D eigenvalue weighted by atomic mass is 32.1. The molecule has 3 aromatic rings. The molecule has 0 aliphatic carbocycles. The van der Waals surface area contributed by atoms with E-state index in [0.29, 0.717) is 0 Å². The second kappa shape index (κ2) is 6.37. The quantitative estimate of drug-likeness (QED) is 0.759. The number of fused-ring (bicyclic) bond motifs is 1. The van der Waals surface area contributed by atoms with E-state index in [1.54, 1.807) is 35.9 Å². The molecule has 4 rings (SSSR count). The van der Waals surface area contributed by atoms with Crippen LogP contribution in [-0.2, 0) is 10.2 Å². The van der Waals surface area contributed by atoms with Crippen molar-refractivity contribution in [3.05, 3.63) is 46.9 Å². The summed E-state index contributed by atoms with van der Waals surface area (Å²) in [5, 5.41) is 16.2. The van der Waals surface area contributed by atoms with Gasteiger partial charge < -0.3 is 15.2 Å². The molecule has 0 bridgehead atoms. The van der Waals surface area contributed by atoms with Gasteiger partial charge in [-0.15, -0.1) is 11.3 Å². The van der Waals surface area contributed by atoms with Crippen LogP contribution >= 0.6 is 11.3 Å². The maximum absolute atomic E-state index is 9.77. The molecule has 0 radical (unpaired) electrons. The molecule has 1 aliphatic heterocycles. The van der Waals surface area contributed by atoms with Gasteiger partial charge in [0.15, 0.2) is 0 Å². The van der Waals surface area contributed by atoms with Gasteiger partial charge in [-0.2, -0.15) is 0 Å². The summed E-state index contributed by atoms with van der Waals surface area (Å²) in [4.78, 5) is 10.0. The van der Waals surface area contributed by atoms with Crippen molar-refractivity contribution < 1.29 is 9.84 Å². The van der Waals surface area contributed by atoms with Gasteiger partial charge in [0.1, 0.15) is 17.9 Å². The van der Waals surface area contributed by atoms with Crippen molar-refractivity contribution >= 4 is 28.1 Å². The Labute approximate surface area is 144 Å². The van der Waals surface area contributed by atoms with E-state index in [2.05, 4.69) is 32.8 Å². The number of aromatic nitrogens is 2. The van der Waals surface area contributed by atoms with Crippen LogP contribution in [-0.4, -0.2) is 34.8 Å². The van der Waals surface area contributed by atoms with Crippen molar-refractivity contribution in [3.63, 3.8) is 0 Å². The van der Waals surface area contributed by atoms with Crippen LogP contribution in [0.5, 0.6) is 5.75 Å². The lowest BCUT2D eigenvalue weighted by molar-refractivity contribution is 0.0555. The lowest BCUT2D eigenvalue weighted by atomic mass is 9.78. The third kappa shape index (κ3) is 2.83. The summed E-state index contributed by atoms with van der Waals surface area (Å²) in [6.07, 6.45) is 3.55. The zero-order valence-corrected chi connectivity index (χ0v) is 14.1. The molecule has 0 spiro atoms. The van der Waals surface area contributed by atoms with E-state index in [-0.39, 0.29) is 11.2 Å². The van der Waals surface area contributed by atoms with Crippen LogP contribution in [0.1, 0.15) is 17.7 Å². The second-order valence-corrected chi connectivity index (χ2v) is 7.09. The molecule has 3 heterocycles. The van der Waals surface area contributed by atoms with E-state index in [0.717, 1.165) is 49.3 Å². The van der Waals surface area contributed by atoms with Gasteiger partial charge in [0, 0.05) is 35.4 Å². The zero-order chi connectivity index (χ0) is 16.4. The van der Waals surface area contributed by atoms with Gasteiger partial charge >= 0.3 is 0 Å². The SMILES string of the molecule is Oc1ccc2ncnc(NCC3(c4cccs4)CCOCC3)c2c1. The molecule has 1 aliphatic rings. The molecular weight excluding hydrogens is 322 g/mol. The van der Waals surface area contributed by atoms with Crippen LogP contribution in [0, 0.1) is 0 Å². The lowest BCUT2D eigenvalue weighted by Crippen LogP contribution is -2.39. The van der Waals surface area contributed by atoms with Crippen molar-refractivity contribution in [2.45, 2.75) is 18.3 Å². The molecule has 5 nitrogen and oxygen atoms in total. The third-order valence-electron chi connectivity index (χ3n) is 4.71. The van der Waals surface area contributed by atoms with Crippen molar-refractivity contribution in [2.75, 3.05) is 25.1 Å². The lowest BCUT2D eigenvalue weighted by Gasteiger charge is -2.36. The predicted octanol–water partition coefficient (Wildman–Crippen LogP) is 3.56. The summed E-state index contributed by atoms with van der Waals surface area (Å²) in [6, 6.07) is 9.47. The highest BCUT2D eigenvalue weighted by molar-refractivity contribution is 7.10. The summed E-state index contributed by atoms with van der Waals surface area (Å²) >= 11 is 1.80. The minimum atomic E-state index is 0.0700. The largest absolute Gasteiger partial charge is 0.508 e. The third-order valence-corrected chi connectivity index (χ3v) is 5.82. The Morgan fingerprint density at radius 3 is 2.88 bits per heavy atom. The number of nitrogens with zero attached hydrogens (tertiary/aromatic N) is 2. The first-order chi connectivity index (χ1) is 11.8. The van der Waals surface area contributed by atoms with Gasteiger partial charge in [-0.05, 0) is 42.5 Å². The summed E-state index contributed by atoms with van der Waals surface area (Å²) in [6.45, 7) is 2.36. The van der Waals surface area contributed by atoms with Gasteiger partial charge in [0.2, 0.25) is 0 Å². The summed E-state index contributed by atoms with van der Waals surface area (Å²) in [5.74, 6) is 0.984. The van der Waals surface area contributed by atoms with Gasteiger partial charge in [-0.3, -0.25) is 0 Å². The smallest absolute Gasteiger partial charge is 0.137 e. The predicted molar refractivity (Wildman–Crippen MR) is 95.7 cm³/mol. The maximum Gasteiger partial charge on any atom is 0.137 e. The molecule has 124 valence electrons. The number of rotatable bonds is 4. The van der Waals surface area contributed by atoms with Crippen LogP contribution < -0.4 is 5.32 Å². The van der Waals surface area contributed by atoms with Crippen LogP contribution in [0.4, 0.5) is 5.82 Å². The molecule has 2 N–H and O–H groups in total. The van der Waals surface area contributed by atoms with Crippen LogP contribution in [0.15, 0.2) is 42.0 Å². The summed E-state index contributed by atoms with van der Waals surface area (Å²) in [5.41, 5.74) is 0.892. The number of ether oxygens (including phenoxy) is 1. The topological polar surface area (TPSA) is 67.3 Å². The van der Waals surface area contributed by atoms with Gasteiger partial charge in [-0.1, -0.05) is 6.07 Å². The van der Waals surface area contributed by atoms with Crippen molar-refractivity contribution in [3.8, 4) is 5.75 Å². The number of thiophene rings is 1. The molecule has 1 fully saturated rings. The van der Waals surface area contributed by atoms with E-state index >= 15 is 0 Å². The molecule has 0 unspecified atom stereocenters. The fourth-order valence-corrected chi connectivity index (χ4v) is 4.28. The second-order valence-electron chi connectivity index (χ2n) is 6.15. The maximum atomic E-state index is 9.77. The normalized spacial score (nSPS) is 17.0. The van der Waals surface area contributed by atoms with Crippen molar-refractivity contribution in [1.29, 1.82) is 0 Å². The molecular formula is C18H19N3O2S. The summed E-state index contributed by atoms with van der Waals surface area (Å²) < 4.78 is 5.58. The van der Waals surface area contributed by atoms with Crippen LogP contribution in [0.3, 0.4) is 0 Å². The highest BCUT2D eigenvalue weighted by Gasteiger charge is 2.35. The van der Waals surface area contributed by atoms with Gasteiger partial charge in [0.05, 0.1) is 5.52 Å². The van der Waals surface area contributed by atoms with Gasteiger partial charge in [0.25, 0.3) is 0 Å². The van der Waals surface area contributed by atoms with Crippen molar-refractivity contribution in [2.24, 2.45) is 0 Å². The zero-order valence-electron chi connectivity index (χ0n) is 13.2. The van der Waals surface area contributed by atoms with E-state index in [1.807, 2.05) is 0 Å². The molecule has 24 heavy (non-hydrogen) atoms. The van der Waals surface area contributed by atoms with Crippen LogP contribution in [0.2, 0.25) is 0 Å². The molecule has 6 heteroatoms. The number of anilines is 1. The van der Waals surface area contributed by atoms with E-state index < -0.39 is 0 Å². The minimum absolute atomic E-state index is 0.0700. The average molecular weight is 341 g/mol. The fourth-order valence-electron chi connectivity index (χ4n) is 3.29. The van der Waals surface area contributed by atoms with Gasteiger partial charge in [-0.25, -0.2) is 9.97 Å². The Morgan fingerprint density at radius 2 is 2.08 bits per heavy atom. The number of aromatic hydroxyl groups is 1. The highest BCUT2D eigenvalue weighted by Crippen LogP contribution is 2.38. The minimum Gasteiger partial charge on any atom is -0.508 e. The first-order valence-electron chi connectivity index (χ1n) is 8.06. The average Bonchev–Trinajstić information content (AvgIpc) is 3.16. The monoisotopic (exact) mass is 341 g/mol. The Kier molecular flexibility index (Phi) is 4.08. The molecule has 1 aromatic carbocycles. The number of phenolic OH excluding ortho intramolecular Hbond substituents is 1. The number of phenols is 1. The fraction of sp³-hybridized carbons (Fsp3) is 0.333. The molecule has 2 aromatic heterocycles. The number of hydrogen-bond donors (Lipinski definition) is 2. The van der Waals surface area contributed by atoms with E-state index in [4.69, 9.17) is 4.74 Å². The summed E-state index contributed by atoms with van der Waals surface area (Å²) in [7, 11) is 0. The Morgan fingerprint density at radius 1 is 1.21 bits per heavy atom. The standard InChI is InChI=1S/C18H19N3O2S/c22-13-3-4-15-14(10-13)17(21-12-20-15)19-11-18(5-7-23-8-6-18)16-2-1-9-24-16/h1-4,9-10,12,22H,5-8,11H2,(H,19,20,21). The Hall–Kier alpha value is -2.18.